The molecule has 0 aromatic heterocycles. The molecular weight excluding hydrogens is 501 g/mol. The van der Waals surface area contributed by atoms with Crippen molar-refractivity contribution in [2.75, 3.05) is 13.1 Å². The SMILES string of the molecule is Cl.O=C(O)Cc1cc(S(=O)(=O)c2ccc(CCNC[C@H](O)c3cccc(Cl)c3)cc2)ccc1O. The molecule has 0 unspecified atom stereocenters. The summed E-state index contributed by atoms with van der Waals surface area (Å²) in [5.41, 5.74) is 1.67. The van der Waals surface area contributed by atoms with Gasteiger partial charge < -0.3 is 20.6 Å². The molecule has 3 rings (SSSR count). The number of hydrogen-bond acceptors (Lipinski definition) is 6. The van der Waals surface area contributed by atoms with Gasteiger partial charge in [0.05, 0.1) is 22.3 Å². The van der Waals surface area contributed by atoms with Crippen LogP contribution in [0.1, 0.15) is 22.8 Å². The van der Waals surface area contributed by atoms with Crippen LogP contribution in [0, 0.1) is 0 Å². The van der Waals surface area contributed by atoms with Gasteiger partial charge in [-0.15, -0.1) is 12.4 Å². The van der Waals surface area contributed by atoms with E-state index in [-0.39, 0.29) is 33.5 Å². The smallest absolute Gasteiger partial charge is 0.307 e. The predicted octanol–water partition coefficient (Wildman–Crippen LogP) is 3.79. The van der Waals surface area contributed by atoms with Gasteiger partial charge in [-0.25, -0.2) is 8.42 Å². The van der Waals surface area contributed by atoms with Crippen LogP contribution in [0.2, 0.25) is 5.02 Å². The normalized spacial score (nSPS) is 12.1. The maximum atomic E-state index is 12.9. The summed E-state index contributed by atoms with van der Waals surface area (Å²) >= 11 is 5.94. The lowest BCUT2D eigenvalue weighted by Crippen LogP contribution is -2.23. The molecule has 0 aliphatic carbocycles. The Morgan fingerprint density at radius 3 is 2.32 bits per heavy atom. The van der Waals surface area contributed by atoms with Crippen LogP contribution < -0.4 is 5.32 Å². The van der Waals surface area contributed by atoms with Crippen molar-refractivity contribution in [3.63, 3.8) is 0 Å². The number of hydrogen-bond donors (Lipinski definition) is 4. The van der Waals surface area contributed by atoms with Crippen LogP contribution in [0.3, 0.4) is 0 Å². The summed E-state index contributed by atoms with van der Waals surface area (Å²) in [6.07, 6.45) is -0.537. The van der Waals surface area contributed by atoms with Crippen LogP contribution in [0.4, 0.5) is 0 Å². The van der Waals surface area contributed by atoms with Gasteiger partial charge in [0.2, 0.25) is 9.84 Å². The Balaban J connectivity index is 0.00000408. The number of aromatic hydroxyl groups is 1. The second-order valence-corrected chi connectivity index (χ2v) is 9.92. The molecule has 3 aromatic carbocycles. The summed E-state index contributed by atoms with van der Waals surface area (Å²) < 4.78 is 25.8. The summed E-state index contributed by atoms with van der Waals surface area (Å²) in [7, 11) is -3.86. The highest BCUT2D eigenvalue weighted by atomic mass is 35.5. The minimum Gasteiger partial charge on any atom is -0.508 e. The van der Waals surface area contributed by atoms with E-state index < -0.39 is 28.3 Å². The van der Waals surface area contributed by atoms with Crippen molar-refractivity contribution in [2.45, 2.75) is 28.7 Å². The lowest BCUT2D eigenvalue weighted by molar-refractivity contribution is -0.136. The molecule has 0 aliphatic rings. The lowest BCUT2D eigenvalue weighted by atomic mass is 10.1. The first-order valence-electron chi connectivity index (χ1n) is 10.2. The number of aliphatic hydroxyl groups excluding tert-OH is 1. The molecule has 34 heavy (non-hydrogen) atoms. The number of aliphatic hydroxyl groups is 1. The van der Waals surface area contributed by atoms with E-state index >= 15 is 0 Å². The molecule has 0 saturated heterocycles. The Labute approximate surface area is 209 Å². The van der Waals surface area contributed by atoms with E-state index in [2.05, 4.69) is 5.32 Å². The van der Waals surface area contributed by atoms with Crippen molar-refractivity contribution in [1.82, 2.24) is 5.32 Å². The fourth-order valence-electron chi connectivity index (χ4n) is 3.31. The molecular formula is C24H25Cl2NO6S. The van der Waals surface area contributed by atoms with Crippen molar-refractivity contribution < 1.29 is 28.5 Å². The average molecular weight is 526 g/mol. The average Bonchev–Trinajstić information content (AvgIpc) is 2.78. The van der Waals surface area contributed by atoms with Crippen LogP contribution in [-0.2, 0) is 27.5 Å². The second kappa shape index (κ2) is 12.2. The molecule has 0 fully saturated rings. The number of carbonyl (C=O) groups is 1. The van der Waals surface area contributed by atoms with E-state index in [0.717, 1.165) is 11.1 Å². The summed E-state index contributed by atoms with van der Waals surface area (Å²) in [5.74, 6) is -1.43. The van der Waals surface area contributed by atoms with Crippen molar-refractivity contribution in [3.8, 4) is 5.75 Å². The van der Waals surface area contributed by atoms with E-state index in [0.29, 0.717) is 24.5 Å². The summed E-state index contributed by atoms with van der Waals surface area (Å²) in [6, 6.07) is 17.1. The molecule has 10 heteroatoms. The zero-order chi connectivity index (χ0) is 24.0. The molecule has 0 spiro atoms. The van der Waals surface area contributed by atoms with Gasteiger partial charge in [-0.1, -0.05) is 35.9 Å². The first-order valence-corrected chi connectivity index (χ1v) is 12.0. The predicted molar refractivity (Wildman–Crippen MR) is 132 cm³/mol. The zero-order valence-electron chi connectivity index (χ0n) is 18.0. The third-order valence-corrected chi connectivity index (χ3v) is 7.10. The van der Waals surface area contributed by atoms with E-state index in [9.17, 15) is 23.4 Å². The van der Waals surface area contributed by atoms with Gasteiger partial charge in [0.1, 0.15) is 5.75 Å². The molecule has 182 valence electrons. The van der Waals surface area contributed by atoms with Crippen molar-refractivity contribution in [2.24, 2.45) is 0 Å². The highest BCUT2D eigenvalue weighted by Crippen LogP contribution is 2.27. The molecule has 3 aromatic rings. The quantitative estimate of drug-likeness (QED) is 0.297. The van der Waals surface area contributed by atoms with Gasteiger partial charge >= 0.3 is 5.97 Å². The van der Waals surface area contributed by atoms with Crippen LogP contribution in [-0.4, -0.2) is 42.8 Å². The lowest BCUT2D eigenvalue weighted by Gasteiger charge is -2.13. The second-order valence-electron chi connectivity index (χ2n) is 7.53. The maximum Gasteiger partial charge on any atom is 0.307 e. The Kier molecular flexibility index (Phi) is 9.90. The first-order chi connectivity index (χ1) is 15.7. The number of benzene rings is 3. The molecule has 4 N–H and O–H groups in total. The minimum atomic E-state index is -3.86. The Morgan fingerprint density at radius 2 is 1.68 bits per heavy atom. The molecule has 7 nitrogen and oxygen atoms in total. The van der Waals surface area contributed by atoms with E-state index in [4.69, 9.17) is 16.7 Å². The molecule has 1 atom stereocenters. The highest BCUT2D eigenvalue weighted by molar-refractivity contribution is 7.91. The topological polar surface area (TPSA) is 124 Å². The van der Waals surface area contributed by atoms with Gasteiger partial charge in [-0.3, -0.25) is 4.79 Å². The number of aliphatic carboxylic acids is 1. The summed E-state index contributed by atoms with van der Waals surface area (Å²) in [6.45, 7) is 0.937. The van der Waals surface area contributed by atoms with Gasteiger partial charge in [0.15, 0.2) is 0 Å². The molecule has 0 saturated carbocycles. The number of nitrogens with one attached hydrogen (secondary N) is 1. The van der Waals surface area contributed by atoms with E-state index in [1.165, 1.54) is 30.3 Å². The minimum absolute atomic E-state index is 0. The highest BCUT2D eigenvalue weighted by Gasteiger charge is 2.20. The largest absolute Gasteiger partial charge is 0.508 e. The third-order valence-electron chi connectivity index (χ3n) is 5.10. The number of phenols is 1. The number of sulfone groups is 1. The fourth-order valence-corrected chi connectivity index (χ4v) is 4.82. The van der Waals surface area contributed by atoms with E-state index in [1.54, 1.807) is 36.4 Å². The van der Waals surface area contributed by atoms with Gasteiger partial charge in [-0.2, -0.15) is 0 Å². The third kappa shape index (κ3) is 7.19. The zero-order valence-corrected chi connectivity index (χ0v) is 20.4. The summed E-state index contributed by atoms with van der Waals surface area (Å²) in [4.78, 5) is 10.9. The molecule has 0 heterocycles. The summed E-state index contributed by atoms with van der Waals surface area (Å²) in [5, 5.41) is 32.7. The van der Waals surface area contributed by atoms with Crippen molar-refractivity contribution in [1.29, 1.82) is 0 Å². The van der Waals surface area contributed by atoms with Crippen molar-refractivity contribution in [3.05, 3.63) is 88.4 Å². The van der Waals surface area contributed by atoms with Gasteiger partial charge in [-0.05, 0) is 66.6 Å². The van der Waals surface area contributed by atoms with Crippen molar-refractivity contribution >= 4 is 39.8 Å². The van der Waals surface area contributed by atoms with Gasteiger partial charge in [0, 0.05) is 17.1 Å². The van der Waals surface area contributed by atoms with Crippen LogP contribution >= 0.6 is 24.0 Å². The van der Waals surface area contributed by atoms with Crippen LogP contribution in [0.5, 0.6) is 5.75 Å². The standard InChI is InChI=1S/C24H24ClNO6S.ClH/c25-19-3-1-2-17(12-19)23(28)15-26-11-10-16-4-6-20(7-5-16)33(31,32)21-8-9-22(27)18(13-21)14-24(29)30;/h1-9,12-13,23,26-28H,10-11,14-15H2,(H,29,30);1H/t23-;/m0./s1. The monoisotopic (exact) mass is 525 g/mol. The number of carboxylic acids is 1. The van der Waals surface area contributed by atoms with Gasteiger partial charge in [0.25, 0.3) is 0 Å². The number of rotatable bonds is 10. The molecule has 0 amide bonds. The molecule has 0 aliphatic heterocycles. The fraction of sp³-hybridized carbons (Fsp3) is 0.208. The first kappa shape index (κ1) is 27.6. The number of carboxylic acid groups (broad SMARTS) is 1. The number of phenolic OH excluding ortho intramolecular Hbond substituents is 1. The van der Waals surface area contributed by atoms with Crippen LogP contribution in [0.15, 0.2) is 76.5 Å². The Morgan fingerprint density at radius 1 is 1.00 bits per heavy atom. The molecule has 0 radical (unpaired) electrons. The maximum absolute atomic E-state index is 12.9. The Bertz CT molecular complexity index is 1230. The Hall–Kier alpha value is -2.62. The molecule has 0 bridgehead atoms. The van der Waals surface area contributed by atoms with Crippen LogP contribution in [0.25, 0.3) is 0 Å². The van der Waals surface area contributed by atoms with E-state index in [1.807, 2.05) is 0 Å². The number of halogens is 2.